The van der Waals surface area contributed by atoms with Crippen molar-refractivity contribution in [3.8, 4) is 67.1 Å². The van der Waals surface area contributed by atoms with E-state index < -0.39 is 0 Å². The zero-order valence-corrected chi connectivity index (χ0v) is 31.2. The Hall–Kier alpha value is -6.96. The van der Waals surface area contributed by atoms with Crippen molar-refractivity contribution in [3.63, 3.8) is 0 Å². The van der Waals surface area contributed by atoms with Gasteiger partial charge in [0.15, 0.2) is 0 Å². The van der Waals surface area contributed by atoms with Crippen molar-refractivity contribution < 1.29 is 4.74 Å². The summed E-state index contributed by atoms with van der Waals surface area (Å²) >= 11 is 0. The van der Waals surface area contributed by atoms with E-state index in [-0.39, 0.29) is 5.41 Å². The molecule has 0 saturated heterocycles. The Kier molecular flexibility index (Phi) is 6.46. The lowest BCUT2D eigenvalue weighted by atomic mass is 9.80. The Morgan fingerprint density at radius 1 is 0.339 bits per heavy atom. The lowest BCUT2D eigenvalue weighted by molar-refractivity contribution is 0.487. The van der Waals surface area contributed by atoms with E-state index in [0.29, 0.717) is 0 Å². The molecule has 0 fully saturated rings. The summed E-state index contributed by atoms with van der Waals surface area (Å²) in [6.07, 6.45) is 0. The van der Waals surface area contributed by atoms with Crippen LogP contribution >= 0.6 is 0 Å². The average Bonchev–Trinajstić information content (AvgIpc) is 3.47. The summed E-state index contributed by atoms with van der Waals surface area (Å²) in [5.41, 5.74) is 15.0. The molecule has 0 saturated carbocycles. The molecule has 12 rings (SSSR count). The summed E-state index contributed by atoms with van der Waals surface area (Å²) in [6.45, 7) is 4.79. The second-order valence-corrected chi connectivity index (χ2v) is 16.0. The molecule has 0 radical (unpaired) electrons. The van der Waals surface area contributed by atoms with Gasteiger partial charge in [-0.3, -0.25) is 0 Å². The van der Waals surface area contributed by atoms with Crippen LogP contribution in [0.25, 0.3) is 98.7 Å². The molecular formula is C55H36O. The zero-order chi connectivity index (χ0) is 37.1. The van der Waals surface area contributed by atoms with Crippen molar-refractivity contribution in [3.05, 3.63) is 193 Å². The number of benzene rings is 10. The minimum absolute atomic E-state index is 0.193. The fraction of sp³-hybridized carbons (Fsp3) is 0.0545. The Labute approximate surface area is 326 Å². The third-order valence-corrected chi connectivity index (χ3v) is 12.6. The average molecular weight is 713 g/mol. The molecule has 10 aromatic rings. The van der Waals surface area contributed by atoms with Crippen LogP contribution in [0.2, 0.25) is 0 Å². The van der Waals surface area contributed by atoms with Crippen molar-refractivity contribution in [2.75, 3.05) is 0 Å². The third-order valence-electron chi connectivity index (χ3n) is 12.6. The van der Waals surface area contributed by atoms with E-state index in [4.69, 9.17) is 4.74 Å². The molecule has 0 bridgehead atoms. The molecule has 1 aliphatic heterocycles. The predicted molar refractivity (Wildman–Crippen MR) is 236 cm³/mol. The Morgan fingerprint density at radius 3 is 1.82 bits per heavy atom. The molecule has 262 valence electrons. The van der Waals surface area contributed by atoms with Gasteiger partial charge in [0.1, 0.15) is 11.5 Å². The topological polar surface area (TPSA) is 9.23 Å². The second kappa shape index (κ2) is 11.5. The zero-order valence-electron chi connectivity index (χ0n) is 31.2. The minimum atomic E-state index is -0.193. The molecule has 1 heterocycles. The number of fused-ring (bicyclic) bond motifs is 9. The van der Waals surface area contributed by atoms with E-state index in [1.54, 1.807) is 0 Å². The highest BCUT2D eigenvalue weighted by Gasteiger charge is 2.36. The van der Waals surface area contributed by atoms with Crippen molar-refractivity contribution in [2.45, 2.75) is 19.3 Å². The summed E-state index contributed by atoms with van der Waals surface area (Å²) < 4.78 is 6.61. The molecule has 2 aliphatic rings. The lowest BCUT2D eigenvalue weighted by Crippen LogP contribution is -2.15. The molecular weight excluding hydrogens is 677 g/mol. The van der Waals surface area contributed by atoms with Gasteiger partial charge >= 0.3 is 0 Å². The van der Waals surface area contributed by atoms with E-state index in [2.05, 4.69) is 196 Å². The second-order valence-electron chi connectivity index (χ2n) is 16.0. The van der Waals surface area contributed by atoms with E-state index in [1.165, 1.54) is 104 Å². The van der Waals surface area contributed by atoms with Crippen molar-refractivity contribution in [1.82, 2.24) is 0 Å². The largest absolute Gasteiger partial charge is 0.456 e. The van der Waals surface area contributed by atoms with Crippen LogP contribution in [0.1, 0.15) is 25.0 Å². The standard InChI is InChI=1S/C55H36O/c1-55(2)48-31-37(40-26-28-51-54-45(40)17-10-18-46(54)47-30-35(23-27-50(47)56-51)33-11-4-3-5-12-33)21-24-43(48)44-25-22-39(32-49(44)55)53-42-16-9-7-14-36(42)29-38-20-19-34-13-6-8-15-41(34)52(38)53/h3-32H,1-2H3. The van der Waals surface area contributed by atoms with Gasteiger partial charge in [-0.1, -0.05) is 159 Å². The van der Waals surface area contributed by atoms with Crippen LogP contribution in [0.3, 0.4) is 0 Å². The first-order valence-corrected chi connectivity index (χ1v) is 19.6. The maximum Gasteiger partial charge on any atom is 0.135 e. The number of hydrogen-bond acceptors (Lipinski definition) is 1. The summed E-state index contributed by atoms with van der Waals surface area (Å²) in [4.78, 5) is 0. The molecule has 0 spiro atoms. The molecule has 0 N–H and O–H groups in total. The summed E-state index contributed by atoms with van der Waals surface area (Å²) in [5, 5.41) is 10.1. The van der Waals surface area contributed by atoms with Gasteiger partial charge < -0.3 is 4.74 Å². The summed E-state index contributed by atoms with van der Waals surface area (Å²) in [7, 11) is 0. The first-order valence-electron chi connectivity index (χ1n) is 19.6. The smallest absolute Gasteiger partial charge is 0.135 e. The summed E-state index contributed by atoms with van der Waals surface area (Å²) in [6, 6.07) is 67.1. The Bertz CT molecular complexity index is 3290. The van der Waals surface area contributed by atoms with Gasteiger partial charge in [0.05, 0.1) is 0 Å². The molecule has 10 aromatic carbocycles. The van der Waals surface area contributed by atoms with Gasteiger partial charge in [0.25, 0.3) is 0 Å². The maximum atomic E-state index is 6.61. The van der Waals surface area contributed by atoms with E-state index in [0.717, 1.165) is 17.1 Å². The van der Waals surface area contributed by atoms with Crippen LogP contribution in [0, 0.1) is 0 Å². The van der Waals surface area contributed by atoms with Crippen LogP contribution in [0.15, 0.2) is 182 Å². The molecule has 0 aromatic heterocycles. The number of ether oxygens (including phenoxy) is 1. The Balaban J connectivity index is 0.996. The van der Waals surface area contributed by atoms with Crippen LogP contribution in [-0.4, -0.2) is 0 Å². The lowest BCUT2D eigenvalue weighted by Gasteiger charge is -2.24. The monoisotopic (exact) mass is 712 g/mol. The van der Waals surface area contributed by atoms with Gasteiger partial charge in [-0.05, 0) is 135 Å². The highest BCUT2D eigenvalue weighted by molar-refractivity contribution is 6.22. The maximum absolute atomic E-state index is 6.61. The fourth-order valence-electron chi connectivity index (χ4n) is 9.89. The van der Waals surface area contributed by atoms with Gasteiger partial charge in [-0.15, -0.1) is 0 Å². The van der Waals surface area contributed by atoms with Gasteiger partial charge in [0.2, 0.25) is 0 Å². The van der Waals surface area contributed by atoms with Gasteiger partial charge in [0, 0.05) is 16.4 Å². The number of hydrogen-bond donors (Lipinski definition) is 0. The summed E-state index contributed by atoms with van der Waals surface area (Å²) in [5.74, 6) is 1.81. The van der Waals surface area contributed by atoms with Crippen LogP contribution in [0.4, 0.5) is 0 Å². The van der Waals surface area contributed by atoms with Crippen molar-refractivity contribution >= 4 is 43.1 Å². The molecule has 0 unspecified atom stereocenters. The SMILES string of the molecule is CC1(C)c2cc(-c3ccc4c5c(cccc35)-c3cc(-c5ccccc5)ccc3O4)ccc2-c2ccc(-c3c4ccccc4cc4ccc5ccccc5c34)cc21. The molecule has 1 heteroatoms. The van der Waals surface area contributed by atoms with Crippen molar-refractivity contribution in [1.29, 1.82) is 0 Å². The van der Waals surface area contributed by atoms with Crippen LogP contribution < -0.4 is 4.74 Å². The third kappa shape index (κ3) is 4.43. The fourth-order valence-corrected chi connectivity index (χ4v) is 9.89. The van der Waals surface area contributed by atoms with Gasteiger partial charge in [-0.2, -0.15) is 0 Å². The first-order chi connectivity index (χ1) is 27.5. The van der Waals surface area contributed by atoms with E-state index in [1.807, 2.05) is 0 Å². The molecule has 0 atom stereocenters. The quantitative estimate of drug-likeness (QED) is 0.131. The van der Waals surface area contributed by atoms with Crippen LogP contribution in [0.5, 0.6) is 11.5 Å². The first kappa shape index (κ1) is 31.4. The highest BCUT2D eigenvalue weighted by Crippen LogP contribution is 2.54. The van der Waals surface area contributed by atoms with E-state index >= 15 is 0 Å². The molecule has 0 amide bonds. The van der Waals surface area contributed by atoms with E-state index in [9.17, 15) is 0 Å². The highest BCUT2D eigenvalue weighted by atomic mass is 16.5. The van der Waals surface area contributed by atoms with Crippen molar-refractivity contribution in [2.24, 2.45) is 0 Å². The molecule has 1 nitrogen and oxygen atoms in total. The number of rotatable bonds is 3. The Morgan fingerprint density at radius 2 is 0.982 bits per heavy atom. The molecule has 56 heavy (non-hydrogen) atoms. The van der Waals surface area contributed by atoms with Crippen LogP contribution in [-0.2, 0) is 5.41 Å². The normalized spacial score (nSPS) is 13.5. The van der Waals surface area contributed by atoms with Gasteiger partial charge in [-0.25, -0.2) is 0 Å². The predicted octanol–water partition coefficient (Wildman–Crippen LogP) is 15.4. The minimum Gasteiger partial charge on any atom is -0.456 e. The molecule has 1 aliphatic carbocycles.